The van der Waals surface area contributed by atoms with Gasteiger partial charge in [-0.2, -0.15) is 0 Å². The Morgan fingerprint density at radius 2 is 1.66 bits per heavy atom. The lowest BCUT2D eigenvalue weighted by atomic mass is 9.98. The number of benzene rings is 1. The largest absolute Gasteiger partial charge is 0.456 e. The fourth-order valence-corrected chi connectivity index (χ4v) is 4.42. The van der Waals surface area contributed by atoms with Crippen molar-refractivity contribution >= 4 is 11.9 Å². The lowest BCUT2D eigenvalue weighted by Gasteiger charge is -2.34. The van der Waals surface area contributed by atoms with E-state index >= 15 is 0 Å². The molecule has 2 saturated heterocycles. The van der Waals surface area contributed by atoms with Gasteiger partial charge in [-0.05, 0) is 62.0 Å². The minimum absolute atomic E-state index is 0.0821. The van der Waals surface area contributed by atoms with Gasteiger partial charge in [-0.1, -0.05) is 31.2 Å². The van der Waals surface area contributed by atoms with E-state index in [-0.39, 0.29) is 11.9 Å². The van der Waals surface area contributed by atoms with Gasteiger partial charge in [0.15, 0.2) is 5.76 Å². The molecule has 2 aliphatic rings. The maximum absolute atomic E-state index is 12.6. The molecule has 0 saturated carbocycles. The number of urea groups is 1. The molecule has 32 heavy (non-hydrogen) atoms. The summed E-state index contributed by atoms with van der Waals surface area (Å²) in [6, 6.07) is 11.9. The second-order valence-electron chi connectivity index (χ2n) is 9.13. The first-order chi connectivity index (χ1) is 15.5. The van der Waals surface area contributed by atoms with Crippen molar-refractivity contribution in [2.24, 2.45) is 5.92 Å². The third-order valence-corrected chi connectivity index (χ3v) is 6.52. The topological polar surface area (TPSA) is 69.0 Å². The summed E-state index contributed by atoms with van der Waals surface area (Å²) < 4.78 is 5.44. The number of hydrogen-bond donors (Lipinski definition) is 1. The van der Waals surface area contributed by atoms with E-state index in [4.69, 9.17) is 4.42 Å². The quantitative estimate of drug-likeness (QED) is 0.776. The van der Waals surface area contributed by atoms with Gasteiger partial charge >= 0.3 is 6.03 Å². The Bertz CT molecular complexity index is 925. The van der Waals surface area contributed by atoms with E-state index in [1.165, 1.54) is 18.4 Å². The number of carbonyl (C=O) groups excluding carboxylic acids is 2. The van der Waals surface area contributed by atoms with Crippen LogP contribution in [0.4, 0.5) is 4.79 Å². The number of aryl methyl sites for hydroxylation is 1. The van der Waals surface area contributed by atoms with Crippen molar-refractivity contribution in [2.45, 2.75) is 39.8 Å². The first-order valence-electron chi connectivity index (χ1n) is 11.7. The summed E-state index contributed by atoms with van der Waals surface area (Å²) in [6.07, 6.45) is 2.55. The van der Waals surface area contributed by atoms with Gasteiger partial charge in [0.1, 0.15) is 5.76 Å². The summed E-state index contributed by atoms with van der Waals surface area (Å²) >= 11 is 0. The highest BCUT2D eigenvalue weighted by Crippen LogP contribution is 2.18. The average molecular weight is 439 g/mol. The zero-order valence-corrected chi connectivity index (χ0v) is 19.2. The minimum atomic E-state index is -0.113. The number of amides is 3. The number of nitrogens with one attached hydrogen (secondary N) is 1. The second kappa shape index (κ2) is 10.2. The van der Waals surface area contributed by atoms with Gasteiger partial charge in [0.2, 0.25) is 0 Å². The molecule has 1 aromatic carbocycles. The molecule has 2 aromatic rings. The van der Waals surface area contributed by atoms with Crippen molar-refractivity contribution in [1.82, 2.24) is 20.0 Å². The number of rotatable bonds is 5. The Hall–Kier alpha value is -2.80. The van der Waals surface area contributed by atoms with Crippen LogP contribution in [0.1, 0.15) is 47.2 Å². The number of carbonyl (C=O) groups is 2. The van der Waals surface area contributed by atoms with Gasteiger partial charge in [-0.3, -0.25) is 9.69 Å². The fourth-order valence-electron chi connectivity index (χ4n) is 4.42. The summed E-state index contributed by atoms with van der Waals surface area (Å²) in [5, 5.41) is 3.04. The number of furan rings is 1. The van der Waals surface area contributed by atoms with Crippen LogP contribution in [0.5, 0.6) is 0 Å². The zero-order chi connectivity index (χ0) is 22.5. The van der Waals surface area contributed by atoms with E-state index in [0.717, 1.165) is 36.9 Å². The summed E-state index contributed by atoms with van der Waals surface area (Å²) in [7, 11) is 0. The van der Waals surface area contributed by atoms with Crippen LogP contribution in [-0.4, -0.2) is 65.9 Å². The molecule has 0 bridgehead atoms. The van der Waals surface area contributed by atoms with Crippen molar-refractivity contribution in [3.8, 4) is 0 Å². The van der Waals surface area contributed by atoms with E-state index in [9.17, 15) is 9.59 Å². The number of likely N-dealkylation sites (tertiary alicyclic amines) is 1. The Labute approximate surface area is 190 Å². The van der Waals surface area contributed by atoms with Gasteiger partial charge in [-0.15, -0.1) is 0 Å². The van der Waals surface area contributed by atoms with Crippen molar-refractivity contribution in [2.75, 3.05) is 39.3 Å². The summed E-state index contributed by atoms with van der Waals surface area (Å²) in [5.41, 5.74) is 2.41. The van der Waals surface area contributed by atoms with Crippen LogP contribution in [0, 0.1) is 12.8 Å². The number of piperidine rings is 1. The van der Waals surface area contributed by atoms with Crippen LogP contribution >= 0.6 is 0 Å². The summed E-state index contributed by atoms with van der Waals surface area (Å²) in [6.45, 7) is 10.0. The molecule has 0 aliphatic carbocycles. The van der Waals surface area contributed by atoms with Gasteiger partial charge in [0, 0.05) is 39.3 Å². The smallest absolute Gasteiger partial charge is 0.317 e. The van der Waals surface area contributed by atoms with Gasteiger partial charge in [-0.25, -0.2) is 4.79 Å². The van der Waals surface area contributed by atoms with Crippen molar-refractivity contribution in [3.63, 3.8) is 0 Å². The highest BCUT2D eigenvalue weighted by Gasteiger charge is 2.26. The van der Waals surface area contributed by atoms with Crippen LogP contribution < -0.4 is 5.32 Å². The van der Waals surface area contributed by atoms with E-state index < -0.39 is 0 Å². The molecular weight excluding hydrogens is 404 g/mol. The lowest BCUT2D eigenvalue weighted by Crippen LogP contribution is -2.53. The monoisotopic (exact) mass is 438 g/mol. The Morgan fingerprint density at radius 1 is 0.969 bits per heavy atom. The van der Waals surface area contributed by atoms with E-state index in [0.29, 0.717) is 38.5 Å². The normalized spacial score (nSPS) is 18.1. The minimum Gasteiger partial charge on any atom is -0.456 e. The first kappa shape index (κ1) is 22.4. The van der Waals surface area contributed by atoms with Crippen LogP contribution in [0.15, 0.2) is 40.8 Å². The molecule has 0 atom stereocenters. The number of hydrogen-bond acceptors (Lipinski definition) is 4. The van der Waals surface area contributed by atoms with Crippen molar-refractivity contribution < 1.29 is 14.0 Å². The molecule has 1 N–H and O–H groups in total. The second-order valence-corrected chi connectivity index (χ2v) is 9.13. The van der Waals surface area contributed by atoms with Crippen LogP contribution in [0.3, 0.4) is 0 Å². The molecule has 3 heterocycles. The molecule has 0 radical (unpaired) electrons. The molecule has 0 unspecified atom stereocenters. The van der Waals surface area contributed by atoms with Gasteiger partial charge in [0.05, 0.1) is 0 Å². The molecule has 4 rings (SSSR count). The van der Waals surface area contributed by atoms with E-state index in [2.05, 4.69) is 41.4 Å². The van der Waals surface area contributed by atoms with Crippen molar-refractivity contribution in [3.05, 3.63) is 59.0 Å². The van der Waals surface area contributed by atoms with Crippen LogP contribution in [0.2, 0.25) is 0 Å². The third-order valence-electron chi connectivity index (χ3n) is 6.52. The predicted molar refractivity (Wildman–Crippen MR) is 123 cm³/mol. The Morgan fingerprint density at radius 3 is 2.34 bits per heavy atom. The molecule has 2 aliphatic heterocycles. The third kappa shape index (κ3) is 5.71. The Balaban J connectivity index is 1.22. The molecule has 1 aromatic heterocycles. The predicted octanol–water partition coefficient (Wildman–Crippen LogP) is 3.49. The molecule has 3 amide bonds. The molecule has 172 valence electrons. The SMILES string of the molecule is Cc1ccc(C(=O)N2CCN(C(=O)NCc3cccc(CN4CCC(C)CC4)c3)CC2)o1. The van der Waals surface area contributed by atoms with Gasteiger partial charge in [0.25, 0.3) is 5.91 Å². The maximum Gasteiger partial charge on any atom is 0.317 e. The molecule has 7 nitrogen and oxygen atoms in total. The number of piperazine rings is 1. The Kier molecular flexibility index (Phi) is 7.15. The summed E-state index contributed by atoms with van der Waals surface area (Å²) in [4.78, 5) is 31.2. The zero-order valence-electron chi connectivity index (χ0n) is 19.2. The maximum atomic E-state index is 12.6. The average Bonchev–Trinajstić information content (AvgIpc) is 3.25. The highest BCUT2D eigenvalue weighted by atomic mass is 16.3. The highest BCUT2D eigenvalue weighted by molar-refractivity contribution is 5.91. The lowest BCUT2D eigenvalue weighted by molar-refractivity contribution is 0.0632. The standard InChI is InChI=1S/C25H34N4O3/c1-19-8-10-27(11-9-19)18-22-5-3-4-21(16-22)17-26-25(31)29-14-12-28(13-15-29)24(30)23-7-6-20(2)32-23/h3-7,16,19H,8-15,17-18H2,1-2H3,(H,26,31). The first-order valence-corrected chi connectivity index (χ1v) is 11.7. The number of nitrogens with zero attached hydrogens (tertiary/aromatic N) is 3. The van der Waals surface area contributed by atoms with E-state index in [1.807, 2.05) is 6.92 Å². The van der Waals surface area contributed by atoms with Crippen LogP contribution in [0.25, 0.3) is 0 Å². The van der Waals surface area contributed by atoms with Crippen molar-refractivity contribution in [1.29, 1.82) is 0 Å². The molecule has 7 heteroatoms. The van der Waals surface area contributed by atoms with Gasteiger partial charge < -0.3 is 19.5 Å². The molecule has 2 fully saturated rings. The molecule has 0 spiro atoms. The summed E-state index contributed by atoms with van der Waals surface area (Å²) in [5.74, 6) is 1.81. The van der Waals surface area contributed by atoms with Crippen LogP contribution in [-0.2, 0) is 13.1 Å². The van der Waals surface area contributed by atoms with E-state index in [1.54, 1.807) is 21.9 Å². The molecular formula is C25H34N4O3. The fraction of sp³-hybridized carbons (Fsp3) is 0.520.